The van der Waals surface area contributed by atoms with Crippen LogP contribution in [0.4, 0.5) is 0 Å². The average molecular weight is 1140 g/mol. The van der Waals surface area contributed by atoms with Gasteiger partial charge < -0.3 is 14.2 Å². The molecule has 0 heterocycles. The highest BCUT2D eigenvalue weighted by molar-refractivity contribution is 5.71. The molecule has 6 heteroatoms. The number of allylic oxidation sites excluding steroid dienone is 16. The summed E-state index contributed by atoms with van der Waals surface area (Å²) in [6.07, 6.45) is 94.5. The van der Waals surface area contributed by atoms with Crippen molar-refractivity contribution < 1.29 is 28.6 Å². The van der Waals surface area contributed by atoms with Crippen LogP contribution in [0.15, 0.2) is 97.2 Å². The van der Waals surface area contributed by atoms with Gasteiger partial charge >= 0.3 is 17.9 Å². The maximum atomic E-state index is 12.9. The molecule has 0 aliphatic heterocycles. The molecule has 0 aromatic carbocycles. The Balaban J connectivity index is 4.20. The van der Waals surface area contributed by atoms with Crippen LogP contribution in [0.1, 0.15) is 348 Å². The van der Waals surface area contributed by atoms with Crippen LogP contribution >= 0.6 is 0 Å². The molecule has 0 aromatic rings. The van der Waals surface area contributed by atoms with Gasteiger partial charge in [-0.15, -0.1) is 0 Å². The van der Waals surface area contributed by atoms with Crippen LogP contribution < -0.4 is 0 Å². The van der Waals surface area contributed by atoms with Gasteiger partial charge in [0.15, 0.2) is 6.10 Å². The van der Waals surface area contributed by atoms with E-state index in [2.05, 4.69) is 118 Å². The van der Waals surface area contributed by atoms with E-state index in [9.17, 15) is 14.4 Å². The molecule has 0 saturated carbocycles. The summed E-state index contributed by atoms with van der Waals surface area (Å²) >= 11 is 0. The summed E-state index contributed by atoms with van der Waals surface area (Å²) in [5, 5.41) is 0. The van der Waals surface area contributed by atoms with Gasteiger partial charge in [-0.2, -0.15) is 0 Å². The van der Waals surface area contributed by atoms with Crippen molar-refractivity contribution in [2.45, 2.75) is 354 Å². The standard InChI is InChI=1S/C76H132O6/c1-4-7-10-13-16-19-22-24-26-28-30-32-34-36-37-38-39-41-42-44-46-48-50-52-54-57-60-63-66-69-75(78)81-72-73(71-80-74(77)68-65-62-59-56-21-18-15-12-9-6-3)82-76(79)70-67-64-61-58-55-53-51-49-47-45-43-40-35-33-31-29-27-25-23-20-17-14-11-8-5-2/h8,11-12,15,17,20,25,27-28,30-31,33,40,43,47,49,73H,4-7,9-10,13-14,16,18-19,21-24,26,29,32,34-39,41-42,44-46,48,50-72H2,1-3H3/b11-8-,15-12-,20-17-,27-25-,30-28-,33-31-,43-40-,49-47-. The molecule has 0 saturated heterocycles. The van der Waals surface area contributed by atoms with E-state index in [-0.39, 0.29) is 31.1 Å². The van der Waals surface area contributed by atoms with E-state index in [1.807, 2.05) is 0 Å². The average Bonchev–Trinajstić information content (AvgIpc) is 3.47. The van der Waals surface area contributed by atoms with Crippen molar-refractivity contribution in [3.8, 4) is 0 Å². The molecule has 0 amide bonds. The number of hydrogen-bond acceptors (Lipinski definition) is 6. The number of carbonyl (C=O) groups is 3. The Labute approximate surface area is 508 Å². The van der Waals surface area contributed by atoms with Crippen molar-refractivity contribution in [1.82, 2.24) is 0 Å². The van der Waals surface area contributed by atoms with E-state index in [1.165, 1.54) is 186 Å². The smallest absolute Gasteiger partial charge is 0.306 e. The summed E-state index contributed by atoms with van der Waals surface area (Å²) in [6, 6.07) is 0. The first-order valence-corrected chi connectivity index (χ1v) is 35.2. The van der Waals surface area contributed by atoms with E-state index in [0.717, 1.165) is 122 Å². The molecule has 1 atom stereocenters. The second kappa shape index (κ2) is 69.8. The van der Waals surface area contributed by atoms with E-state index < -0.39 is 6.10 Å². The summed E-state index contributed by atoms with van der Waals surface area (Å²) < 4.78 is 16.9. The van der Waals surface area contributed by atoms with Gasteiger partial charge in [0.1, 0.15) is 13.2 Å². The first-order chi connectivity index (χ1) is 40.5. The van der Waals surface area contributed by atoms with Gasteiger partial charge in [0.25, 0.3) is 0 Å². The Bertz CT molecular complexity index is 1590. The minimum atomic E-state index is -0.790. The van der Waals surface area contributed by atoms with Gasteiger partial charge in [0, 0.05) is 19.3 Å². The van der Waals surface area contributed by atoms with Crippen LogP contribution in [0.25, 0.3) is 0 Å². The monoisotopic (exact) mass is 1140 g/mol. The SMILES string of the molecule is CC/C=C\C/C=C\C/C=C\C/C=C\C/C=C\C/C=C\CCCCCCCCC(=O)OC(COC(=O)CCCCCCC/C=C\CCC)COC(=O)CCCCCCCCCCCCCCCCCCC/C=C\CCCCCCCCCC. The topological polar surface area (TPSA) is 78.9 Å². The second-order valence-electron chi connectivity index (χ2n) is 23.4. The Hall–Kier alpha value is -3.67. The molecule has 0 aliphatic rings. The van der Waals surface area contributed by atoms with Crippen LogP contribution in [-0.4, -0.2) is 37.2 Å². The number of esters is 3. The normalized spacial score (nSPS) is 12.7. The first-order valence-electron chi connectivity index (χ1n) is 35.2. The summed E-state index contributed by atoms with van der Waals surface area (Å²) in [5.74, 6) is -0.898. The zero-order valence-corrected chi connectivity index (χ0v) is 54.2. The minimum absolute atomic E-state index is 0.0843. The Kier molecular flexibility index (Phi) is 66.7. The fourth-order valence-corrected chi connectivity index (χ4v) is 10.0. The minimum Gasteiger partial charge on any atom is -0.462 e. The predicted molar refractivity (Wildman–Crippen MR) is 357 cm³/mol. The molecule has 0 N–H and O–H groups in total. The molecule has 82 heavy (non-hydrogen) atoms. The Morgan fingerprint density at radius 2 is 0.500 bits per heavy atom. The number of hydrogen-bond donors (Lipinski definition) is 0. The van der Waals surface area contributed by atoms with E-state index >= 15 is 0 Å². The van der Waals surface area contributed by atoms with Gasteiger partial charge in [-0.1, -0.05) is 311 Å². The molecule has 1 unspecified atom stereocenters. The van der Waals surface area contributed by atoms with Crippen molar-refractivity contribution in [1.29, 1.82) is 0 Å². The highest BCUT2D eigenvalue weighted by Crippen LogP contribution is 2.17. The van der Waals surface area contributed by atoms with Gasteiger partial charge in [-0.25, -0.2) is 0 Å². The summed E-state index contributed by atoms with van der Waals surface area (Å²) in [7, 11) is 0. The van der Waals surface area contributed by atoms with Crippen LogP contribution in [0.3, 0.4) is 0 Å². The van der Waals surface area contributed by atoms with Crippen molar-refractivity contribution in [3.05, 3.63) is 97.2 Å². The lowest BCUT2D eigenvalue weighted by Gasteiger charge is -2.18. The molecule has 472 valence electrons. The fourth-order valence-electron chi connectivity index (χ4n) is 10.0. The lowest BCUT2D eigenvalue weighted by Crippen LogP contribution is -2.30. The second-order valence-corrected chi connectivity index (χ2v) is 23.4. The van der Waals surface area contributed by atoms with Crippen LogP contribution in [0.2, 0.25) is 0 Å². The largest absolute Gasteiger partial charge is 0.462 e. The maximum absolute atomic E-state index is 12.9. The molecule has 0 radical (unpaired) electrons. The zero-order valence-electron chi connectivity index (χ0n) is 54.2. The lowest BCUT2D eigenvalue weighted by molar-refractivity contribution is -0.167. The van der Waals surface area contributed by atoms with Crippen LogP contribution in [0.5, 0.6) is 0 Å². The third-order valence-corrected chi connectivity index (χ3v) is 15.3. The molecular formula is C76H132O6. The molecular weight excluding hydrogens is 1010 g/mol. The van der Waals surface area contributed by atoms with E-state index in [4.69, 9.17) is 14.2 Å². The van der Waals surface area contributed by atoms with Crippen molar-refractivity contribution in [2.75, 3.05) is 13.2 Å². The molecule has 6 nitrogen and oxygen atoms in total. The number of rotatable bonds is 64. The molecule has 0 aromatic heterocycles. The number of unbranched alkanes of at least 4 members (excludes halogenated alkanes) is 37. The van der Waals surface area contributed by atoms with Crippen molar-refractivity contribution in [3.63, 3.8) is 0 Å². The number of carbonyl (C=O) groups excluding carboxylic acids is 3. The molecule has 0 bridgehead atoms. The third-order valence-electron chi connectivity index (χ3n) is 15.3. The number of ether oxygens (including phenoxy) is 3. The molecule has 0 spiro atoms. The predicted octanol–water partition coefficient (Wildman–Crippen LogP) is 24.4. The summed E-state index contributed by atoms with van der Waals surface area (Å²) in [6.45, 7) is 6.48. The van der Waals surface area contributed by atoms with Crippen LogP contribution in [0, 0.1) is 0 Å². The highest BCUT2D eigenvalue weighted by Gasteiger charge is 2.19. The van der Waals surface area contributed by atoms with E-state index in [0.29, 0.717) is 19.3 Å². The molecule has 0 fully saturated rings. The van der Waals surface area contributed by atoms with Crippen LogP contribution in [-0.2, 0) is 28.6 Å². The first kappa shape index (κ1) is 78.3. The van der Waals surface area contributed by atoms with Gasteiger partial charge in [-0.3, -0.25) is 14.4 Å². The third kappa shape index (κ3) is 67.1. The van der Waals surface area contributed by atoms with Gasteiger partial charge in [-0.05, 0) is 116 Å². The van der Waals surface area contributed by atoms with Gasteiger partial charge in [0.05, 0.1) is 0 Å². The zero-order chi connectivity index (χ0) is 59.2. The molecule has 0 aliphatic carbocycles. The summed E-state index contributed by atoms with van der Waals surface area (Å²) in [4.78, 5) is 38.3. The fraction of sp³-hybridized carbons (Fsp3) is 0.750. The maximum Gasteiger partial charge on any atom is 0.306 e. The van der Waals surface area contributed by atoms with E-state index in [1.54, 1.807) is 0 Å². The Morgan fingerprint density at radius 3 is 0.805 bits per heavy atom. The molecule has 0 rings (SSSR count). The van der Waals surface area contributed by atoms with Crippen molar-refractivity contribution in [2.24, 2.45) is 0 Å². The van der Waals surface area contributed by atoms with Crippen molar-refractivity contribution >= 4 is 17.9 Å². The quantitative estimate of drug-likeness (QED) is 0.0261. The lowest BCUT2D eigenvalue weighted by atomic mass is 10.0. The highest BCUT2D eigenvalue weighted by atomic mass is 16.6. The van der Waals surface area contributed by atoms with Gasteiger partial charge in [0.2, 0.25) is 0 Å². The summed E-state index contributed by atoms with van der Waals surface area (Å²) in [5.41, 5.74) is 0. The Morgan fingerprint density at radius 1 is 0.256 bits per heavy atom.